The smallest absolute Gasteiger partial charge is 0.251 e. The number of benzene rings is 1. The van der Waals surface area contributed by atoms with Crippen LogP contribution >= 0.6 is 15.9 Å². The highest BCUT2D eigenvalue weighted by Gasteiger charge is 2.09. The van der Waals surface area contributed by atoms with Crippen molar-refractivity contribution in [3.8, 4) is 11.1 Å². The Morgan fingerprint density at radius 2 is 2.05 bits per heavy atom. The topological polar surface area (TPSA) is 57.8 Å². The summed E-state index contributed by atoms with van der Waals surface area (Å²) in [6.07, 6.45) is 3.69. The summed E-state index contributed by atoms with van der Waals surface area (Å²) < 4.78 is 0.938. The number of carbonyl (C=O) groups excluding carboxylic acids is 1. The van der Waals surface area contributed by atoms with Crippen LogP contribution in [0.3, 0.4) is 0 Å². The van der Waals surface area contributed by atoms with E-state index in [4.69, 9.17) is 0 Å². The second kappa shape index (κ2) is 5.09. The molecular formula is C15H12BrN3O. The van der Waals surface area contributed by atoms with Crippen LogP contribution in [0.4, 0.5) is 0 Å². The molecule has 0 radical (unpaired) electrons. The fraction of sp³-hybridized carbons (Fsp3) is 0.0667. The quantitative estimate of drug-likeness (QED) is 0.757. The standard InChI is InChI=1S/C15H12BrN3O/c1-17-15(20)10-4-2-9(3-5-10)13-8-19-14-12(13)6-11(16)7-18-14/h2-8H,1H3,(H,17,20)(H,18,19). The molecule has 3 rings (SSSR count). The summed E-state index contributed by atoms with van der Waals surface area (Å²) in [7, 11) is 1.62. The first-order valence-electron chi connectivity index (χ1n) is 6.14. The fourth-order valence-electron chi connectivity index (χ4n) is 2.16. The Labute approximate surface area is 124 Å². The Hall–Kier alpha value is -2.14. The highest BCUT2D eigenvalue weighted by Crippen LogP contribution is 2.29. The maximum Gasteiger partial charge on any atom is 0.251 e. The summed E-state index contributed by atoms with van der Waals surface area (Å²) in [6, 6.07) is 9.54. The number of hydrogen-bond donors (Lipinski definition) is 2. The van der Waals surface area contributed by atoms with E-state index in [-0.39, 0.29) is 5.91 Å². The zero-order valence-electron chi connectivity index (χ0n) is 10.8. The highest BCUT2D eigenvalue weighted by atomic mass is 79.9. The summed E-state index contributed by atoms with van der Waals surface area (Å²) in [5, 5.41) is 3.66. The van der Waals surface area contributed by atoms with Gasteiger partial charge in [0, 0.05) is 40.4 Å². The van der Waals surface area contributed by atoms with Crippen LogP contribution < -0.4 is 5.32 Å². The van der Waals surface area contributed by atoms with Crippen molar-refractivity contribution in [2.24, 2.45) is 0 Å². The van der Waals surface area contributed by atoms with Crippen LogP contribution in [0.25, 0.3) is 22.2 Å². The summed E-state index contributed by atoms with van der Waals surface area (Å²) in [5.41, 5.74) is 3.61. The van der Waals surface area contributed by atoms with Gasteiger partial charge in [0.1, 0.15) is 5.65 Å². The lowest BCUT2D eigenvalue weighted by Gasteiger charge is -2.03. The molecule has 0 aliphatic rings. The lowest BCUT2D eigenvalue weighted by Crippen LogP contribution is -2.17. The predicted octanol–water partition coefficient (Wildman–Crippen LogP) is 3.35. The van der Waals surface area contributed by atoms with Gasteiger partial charge in [0.15, 0.2) is 0 Å². The highest BCUT2D eigenvalue weighted by molar-refractivity contribution is 9.10. The molecule has 0 unspecified atom stereocenters. The third-order valence-corrected chi connectivity index (χ3v) is 3.62. The molecule has 5 heteroatoms. The first-order valence-corrected chi connectivity index (χ1v) is 6.93. The first-order chi connectivity index (χ1) is 9.69. The molecule has 100 valence electrons. The molecular weight excluding hydrogens is 318 g/mol. The number of rotatable bonds is 2. The third-order valence-electron chi connectivity index (χ3n) is 3.18. The fourth-order valence-corrected chi connectivity index (χ4v) is 2.49. The second-order valence-corrected chi connectivity index (χ2v) is 5.32. The van der Waals surface area contributed by atoms with Crippen molar-refractivity contribution >= 4 is 32.9 Å². The number of aromatic nitrogens is 2. The molecule has 0 spiro atoms. The average Bonchev–Trinajstić information content (AvgIpc) is 2.89. The van der Waals surface area contributed by atoms with E-state index in [9.17, 15) is 4.79 Å². The molecule has 3 aromatic rings. The van der Waals surface area contributed by atoms with Crippen molar-refractivity contribution in [1.82, 2.24) is 15.3 Å². The summed E-state index contributed by atoms with van der Waals surface area (Å²) in [5.74, 6) is -0.0834. The molecule has 20 heavy (non-hydrogen) atoms. The Morgan fingerprint density at radius 1 is 1.30 bits per heavy atom. The Kier molecular flexibility index (Phi) is 3.28. The van der Waals surface area contributed by atoms with Crippen LogP contribution in [-0.2, 0) is 0 Å². The van der Waals surface area contributed by atoms with Gasteiger partial charge in [0.2, 0.25) is 0 Å². The van der Waals surface area contributed by atoms with Gasteiger partial charge in [-0.05, 0) is 39.7 Å². The number of H-pyrrole nitrogens is 1. The van der Waals surface area contributed by atoms with Gasteiger partial charge in [-0.2, -0.15) is 0 Å². The maximum atomic E-state index is 11.5. The summed E-state index contributed by atoms with van der Waals surface area (Å²) >= 11 is 3.43. The Bertz CT molecular complexity index is 777. The minimum absolute atomic E-state index is 0.0834. The van der Waals surface area contributed by atoms with E-state index in [1.807, 2.05) is 36.5 Å². The number of amides is 1. The first kappa shape index (κ1) is 12.9. The van der Waals surface area contributed by atoms with Gasteiger partial charge < -0.3 is 10.3 Å². The molecule has 2 aromatic heterocycles. The maximum absolute atomic E-state index is 11.5. The lowest BCUT2D eigenvalue weighted by molar-refractivity contribution is 0.0963. The van der Waals surface area contributed by atoms with Crippen molar-refractivity contribution in [2.45, 2.75) is 0 Å². The van der Waals surface area contributed by atoms with Crippen LogP contribution in [0.2, 0.25) is 0 Å². The molecule has 4 nitrogen and oxygen atoms in total. The molecule has 0 saturated heterocycles. The van der Waals surface area contributed by atoms with Gasteiger partial charge in [-0.3, -0.25) is 4.79 Å². The van der Waals surface area contributed by atoms with E-state index in [1.165, 1.54) is 0 Å². The number of aromatic amines is 1. The van der Waals surface area contributed by atoms with Crippen molar-refractivity contribution in [1.29, 1.82) is 0 Å². The van der Waals surface area contributed by atoms with E-state index >= 15 is 0 Å². The predicted molar refractivity (Wildman–Crippen MR) is 82.6 cm³/mol. The number of nitrogens with one attached hydrogen (secondary N) is 2. The molecule has 0 fully saturated rings. The average molecular weight is 330 g/mol. The number of pyridine rings is 1. The minimum Gasteiger partial charge on any atom is -0.355 e. The van der Waals surface area contributed by atoms with Gasteiger partial charge in [-0.25, -0.2) is 4.98 Å². The van der Waals surface area contributed by atoms with Crippen LogP contribution in [-0.4, -0.2) is 22.9 Å². The largest absolute Gasteiger partial charge is 0.355 e. The van der Waals surface area contributed by atoms with E-state index in [2.05, 4.69) is 31.2 Å². The van der Waals surface area contributed by atoms with Crippen molar-refractivity contribution in [2.75, 3.05) is 7.05 Å². The van der Waals surface area contributed by atoms with Gasteiger partial charge in [-0.1, -0.05) is 12.1 Å². The minimum atomic E-state index is -0.0834. The van der Waals surface area contributed by atoms with E-state index in [1.54, 1.807) is 13.2 Å². The Morgan fingerprint density at radius 3 is 2.75 bits per heavy atom. The molecule has 0 aliphatic carbocycles. The monoisotopic (exact) mass is 329 g/mol. The van der Waals surface area contributed by atoms with Gasteiger partial charge in [0.25, 0.3) is 5.91 Å². The van der Waals surface area contributed by atoms with Crippen molar-refractivity contribution in [3.05, 3.63) is 52.8 Å². The molecule has 0 atom stereocenters. The molecule has 0 saturated carbocycles. The van der Waals surface area contributed by atoms with Crippen LogP contribution in [0.1, 0.15) is 10.4 Å². The van der Waals surface area contributed by atoms with E-state index in [0.29, 0.717) is 5.56 Å². The molecule has 1 amide bonds. The molecule has 1 aromatic carbocycles. The number of hydrogen-bond acceptors (Lipinski definition) is 2. The van der Waals surface area contributed by atoms with Gasteiger partial charge in [-0.15, -0.1) is 0 Å². The van der Waals surface area contributed by atoms with E-state index < -0.39 is 0 Å². The van der Waals surface area contributed by atoms with Crippen LogP contribution in [0.5, 0.6) is 0 Å². The molecule has 0 bridgehead atoms. The zero-order valence-corrected chi connectivity index (χ0v) is 12.4. The molecule has 2 heterocycles. The summed E-state index contributed by atoms with van der Waals surface area (Å²) in [6.45, 7) is 0. The number of halogens is 1. The number of nitrogens with zero attached hydrogens (tertiary/aromatic N) is 1. The van der Waals surface area contributed by atoms with Crippen LogP contribution in [0.15, 0.2) is 47.2 Å². The number of fused-ring (bicyclic) bond motifs is 1. The molecule has 2 N–H and O–H groups in total. The lowest BCUT2D eigenvalue weighted by atomic mass is 10.0. The second-order valence-electron chi connectivity index (χ2n) is 4.41. The number of carbonyl (C=O) groups is 1. The molecule has 0 aliphatic heterocycles. The van der Waals surface area contributed by atoms with Gasteiger partial charge >= 0.3 is 0 Å². The Balaban J connectivity index is 2.07. The van der Waals surface area contributed by atoms with Gasteiger partial charge in [0.05, 0.1) is 0 Å². The van der Waals surface area contributed by atoms with Crippen LogP contribution in [0, 0.1) is 0 Å². The van der Waals surface area contributed by atoms with Crippen molar-refractivity contribution < 1.29 is 4.79 Å². The zero-order chi connectivity index (χ0) is 14.1. The summed E-state index contributed by atoms with van der Waals surface area (Å²) in [4.78, 5) is 19.0. The normalized spacial score (nSPS) is 10.7. The van der Waals surface area contributed by atoms with Crippen molar-refractivity contribution in [3.63, 3.8) is 0 Å². The van der Waals surface area contributed by atoms with E-state index in [0.717, 1.165) is 26.6 Å². The SMILES string of the molecule is CNC(=O)c1ccc(-c2c[nH]c3ncc(Br)cc23)cc1. The third kappa shape index (κ3) is 2.20.